The third-order valence-electron chi connectivity index (χ3n) is 4.32. The molecule has 138 valence electrons. The van der Waals surface area contributed by atoms with Gasteiger partial charge in [-0.3, -0.25) is 10.1 Å². The van der Waals surface area contributed by atoms with E-state index >= 15 is 0 Å². The zero-order valence-corrected chi connectivity index (χ0v) is 16.7. The van der Waals surface area contributed by atoms with Gasteiger partial charge in [0.05, 0.1) is 0 Å². The van der Waals surface area contributed by atoms with Crippen molar-refractivity contribution >= 4 is 34.6 Å². The molecule has 0 heterocycles. The third kappa shape index (κ3) is 5.30. The molecular weight excluding hydrogens is 342 g/mol. The molecule has 0 aliphatic rings. The van der Waals surface area contributed by atoms with Crippen molar-refractivity contribution in [3.8, 4) is 0 Å². The van der Waals surface area contributed by atoms with Gasteiger partial charge in [-0.1, -0.05) is 26.0 Å². The second-order valence-electron chi connectivity index (χ2n) is 6.40. The number of nitrogens with one attached hydrogen (secondary N) is 2. The lowest BCUT2D eigenvalue weighted by molar-refractivity contribution is 0.0977. The number of nitrogens with zero attached hydrogens (tertiary/aromatic N) is 1. The molecule has 0 aliphatic carbocycles. The number of hydrogen-bond acceptors (Lipinski definition) is 3. The Labute approximate surface area is 161 Å². The average Bonchev–Trinajstić information content (AvgIpc) is 2.64. The van der Waals surface area contributed by atoms with Crippen molar-refractivity contribution in [3.63, 3.8) is 0 Å². The van der Waals surface area contributed by atoms with E-state index in [1.54, 1.807) is 0 Å². The lowest BCUT2D eigenvalue weighted by Gasteiger charge is -2.21. The first-order valence-corrected chi connectivity index (χ1v) is 9.42. The molecule has 26 heavy (non-hydrogen) atoms. The maximum absolute atomic E-state index is 12.3. The van der Waals surface area contributed by atoms with E-state index in [2.05, 4.69) is 43.2 Å². The Morgan fingerprint density at radius 3 is 2.08 bits per heavy atom. The summed E-state index contributed by atoms with van der Waals surface area (Å²) in [5.74, 6) is 0.228. The Balaban J connectivity index is 1.94. The summed E-state index contributed by atoms with van der Waals surface area (Å²) >= 11 is 5.26. The number of carbonyl (C=O) groups is 1. The summed E-state index contributed by atoms with van der Waals surface area (Å²) in [4.78, 5) is 14.6. The molecule has 0 fully saturated rings. The van der Waals surface area contributed by atoms with Crippen molar-refractivity contribution in [2.75, 3.05) is 23.3 Å². The summed E-state index contributed by atoms with van der Waals surface area (Å²) in [5, 5.41) is 6.07. The molecule has 0 radical (unpaired) electrons. The minimum absolute atomic E-state index is 0.211. The van der Waals surface area contributed by atoms with E-state index in [9.17, 15) is 4.79 Å². The maximum atomic E-state index is 12.3. The van der Waals surface area contributed by atoms with Gasteiger partial charge >= 0.3 is 0 Å². The van der Waals surface area contributed by atoms with Crippen LogP contribution in [0.15, 0.2) is 48.5 Å². The first-order valence-electron chi connectivity index (χ1n) is 9.01. The Kier molecular flexibility index (Phi) is 7.16. The van der Waals surface area contributed by atoms with Crippen molar-refractivity contribution in [1.82, 2.24) is 5.32 Å². The predicted molar refractivity (Wildman–Crippen MR) is 114 cm³/mol. The first kappa shape index (κ1) is 19.9. The van der Waals surface area contributed by atoms with E-state index in [0.29, 0.717) is 16.6 Å². The van der Waals surface area contributed by atoms with Crippen LogP contribution in [0.1, 0.15) is 49.5 Å². The molecular formula is C21H27N3OS. The van der Waals surface area contributed by atoms with Crippen LogP contribution in [0.5, 0.6) is 0 Å². The molecule has 4 nitrogen and oxygen atoms in total. The number of thiocarbonyl (C=S) groups is 1. The van der Waals surface area contributed by atoms with E-state index in [0.717, 1.165) is 18.8 Å². The van der Waals surface area contributed by atoms with Crippen molar-refractivity contribution in [2.45, 2.75) is 33.6 Å². The van der Waals surface area contributed by atoms with Crippen molar-refractivity contribution in [3.05, 3.63) is 59.7 Å². The molecule has 0 unspecified atom stereocenters. The minimum atomic E-state index is -0.211. The van der Waals surface area contributed by atoms with Gasteiger partial charge in [0.2, 0.25) is 0 Å². The molecule has 0 spiro atoms. The number of rotatable bonds is 6. The number of anilines is 2. The molecule has 0 saturated heterocycles. The summed E-state index contributed by atoms with van der Waals surface area (Å²) in [6, 6.07) is 15.6. The second-order valence-corrected chi connectivity index (χ2v) is 6.81. The smallest absolute Gasteiger partial charge is 0.257 e. The van der Waals surface area contributed by atoms with Gasteiger partial charge in [0, 0.05) is 30.0 Å². The molecule has 2 aromatic rings. The van der Waals surface area contributed by atoms with Crippen LogP contribution < -0.4 is 15.5 Å². The Bertz CT molecular complexity index is 735. The van der Waals surface area contributed by atoms with Crippen LogP contribution in [0.25, 0.3) is 0 Å². The van der Waals surface area contributed by atoms with E-state index in [4.69, 9.17) is 12.2 Å². The molecule has 5 heteroatoms. The molecule has 2 N–H and O–H groups in total. The first-order chi connectivity index (χ1) is 12.4. The molecule has 0 atom stereocenters. The minimum Gasteiger partial charge on any atom is -0.372 e. The van der Waals surface area contributed by atoms with Gasteiger partial charge in [-0.2, -0.15) is 0 Å². The Hall–Kier alpha value is -2.40. The fourth-order valence-electron chi connectivity index (χ4n) is 2.70. The quantitative estimate of drug-likeness (QED) is 0.719. The number of benzene rings is 2. The number of hydrogen-bond donors (Lipinski definition) is 2. The van der Waals surface area contributed by atoms with Crippen LogP contribution >= 0.6 is 12.2 Å². The Morgan fingerprint density at radius 2 is 1.58 bits per heavy atom. The van der Waals surface area contributed by atoms with Crippen molar-refractivity contribution < 1.29 is 4.79 Å². The lowest BCUT2D eigenvalue weighted by Crippen LogP contribution is -2.34. The molecule has 0 aliphatic heterocycles. The molecule has 2 rings (SSSR count). The normalized spacial score (nSPS) is 10.5. The predicted octanol–water partition coefficient (Wildman–Crippen LogP) is 4.78. The molecule has 2 aromatic carbocycles. The molecule has 1 amide bonds. The summed E-state index contributed by atoms with van der Waals surface area (Å²) in [6.07, 6.45) is 0. The summed E-state index contributed by atoms with van der Waals surface area (Å²) in [6.45, 7) is 10.4. The van der Waals surface area contributed by atoms with Crippen LogP contribution in [0.3, 0.4) is 0 Å². The van der Waals surface area contributed by atoms with E-state index in [1.807, 2.05) is 48.5 Å². The second kappa shape index (κ2) is 9.34. The number of amides is 1. The van der Waals surface area contributed by atoms with Gasteiger partial charge in [-0.15, -0.1) is 0 Å². The van der Waals surface area contributed by atoms with E-state index in [1.165, 1.54) is 11.3 Å². The Morgan fingerprint density at radius 1 is 1.00 bits per heavy atom. The monoisotopic (exact) mass is 369 g/mol. The van der Waals surface area contributed by atoms with Crippen LogP contribution in [0.4, 0.5) is 11.4 Å². The zero-order valence-electron chi connectivity index (χ0n) is 15.9. The van der Waals surface area contributed by atoms with Gasteiger partial charge in [-0.25, -0.2) is 0 Å². The van der Waals surface area contributed by atoms with Crippen molar-refractivity contribution in [1.29, 1.82) is 0 Å². The van der Waals surface area contributed by atoms with Crippen LogP contribution in [-0.4, -0.2) is 24.1 Å². The zero-order chi connectivity index (χ0) is 19.1. The van der Waals surface area contributed by atoms with Gasteiger partial charge in [-0.05, 0) is 73.9 Å². The highest BCUT2D eigenvalue weighted by Crippen LogP contribution is 2.18. The largest absolute Gasteiger partial charge is 0.372 e. The fraction of sp³-hybridized carbons (Fsp3) is 0.333. The van der Waals surface area contributed by atoms with Crippen LogP contribution in [-0.2, 0) is 0 Å². The van der Waals surface area contributed by atoms with Gasteiger partial charge in [0.25, 0.3) is 5.91 Å². The van der Waals surface area contributed by atoms with Crippen molar-refractivity contribution in [2.24, 2.45) is 0 Å². The lowest BCUT2D eigenvalue weighted by atomic mass is 10.0. The summed E-state index contributed by atoms with van der Waals surface area (Å²) < 4.78 is 0. The number of carbonyl (C=O) groups excluding carboxylic acids is 1. The average molecular weight is 370 g/mol. The van der Waals surface area contributed by atoms with Crippen LogP contribution in [0.2, 0.25) is 0 Å². The standard InChI is InChI=1S/C21H27N3OS/c1-5-24(6-2)19-13-11-18(12-14-19)22-21(26)23-20(25)17-9-7-16(8-10-17)15(3)4/h7-15H,5-6H2,1-4H3,(H2,22,23,25,26). The van der Waals surface area contributed by atoms with E-state index in [-0.39, 0.29) is 5.91 Å². The summed E-state index contributed by atoms with van der Waals surface area (Å²) in [7, 11) is 0. The molecule has 0 aromatic heterocycles. The highest BCUT2D eigenvalue weighted by Gasteiger charge is 2.09. The van der Waals surface area contributed by atoms with Crippen LogP contribution in [0, 0.1) is 0 Å². The summed E-state index contributed by atoms with van der Waals surface area (Å²) in [5.41, 5.74) is 3.81. The maximum Gasteiger partial charge on any atom is 0.257 e. The molecule has 0 saturated carbocycles. The van der Waals surface area contributed by atoms with E-state index < -0.39 is 0 Å². The topological polar surface area (TPSA) is 44.4 Å². The highest BCUT2D eigenvalue weighted by atomic mass is 32.1. The highest BCUT2D eigenvalue weighted by molar-refractivity contribution is 7.80. The fourth-order valence-corrected chi connectivity index (χ4v) is 2.91. The van der Waals surface area contributed by atoms with Gasteiger partial charge in [0.1, 0.15) is 0 Å². The van der Waals surface area contributed by atoms with Gasteiger partial charge in [0.15, 0.2) is 5.11 Å². The third-order valence-corrected chi connectivity index (χ3v) is 4.52. The van der Waals surface area contributed by atoms with Gasteiger partial charge < -0.3 is 10.2 Å². The SMILES string of the molecule is CCN(CC)c1ccc(NC(=S)NC(=O)c2ccc(C(C)C)cc2)cc1. The molecule has 0 bridgehead atoms.